The molecule has 104 valence electrons. The number of benzene rings is 1. The summed E-state index contributed by atoms with van der Waals surface area (Å²) >= 11 is 0. The van der Waals surface area contributed by atoms with Crippen LogP contribution in [-0.4, -0.2) is 26.0 Å². The molecule has 1 aromatic rings. The number of nitrogens with one attached hydrogen (secondary N) is 1. The number of hydrogen-bond donors (Lipinski definition) is 2. The van der Waals surface area contributed by atoms with Crippen LogP contribution in [0.15, 0.2) is 34.7 Å². The molecule has 0 aliphatic rings. The van der Waals surface area contributed by atoms with Crippen LogP contribution in [0.1, 0.15) is 25.8 Å². The fourth-order valence-corrected chi connectivity index (χ4v) is 2.51. The highest BCUT2D eigenvalue weighted by atomic mass is 32.2. The number of hydrogen-bond acceptors (Lipinski definition) is 3. The third kappa shape index (κ3) is 4.50. The number of carboxylic acid groups (broad SMARTS) is 1. The molecule has 5 nitrogen and oxygen atoms in total. The van der Waals surface area contributed by atoms with E-state index in [2.05, 4.69) is 4.72 Å². The lowest BCUT2D eigenvalue weighted by Crippen LogP contribution is -2.24. The van der Waals surface area contributed by atoms with Crippen molar-refractivity contribution in [1.82, 2.24) is 4.72 Å². The second-order valence-corrected chi connectivity index (χ2v) is 5.87. The van der Waals surface area contributed by atoms with Gasteiger partial charge in [0.05, 0.1) is 4.90 Å². The monoisotopic (exact) mass is 283 g/mol. The molecular formula is C13H17NO4S. The molecule has 0 amide bonds. The number of carbonyl (C=O) groups is 1. The Labute approximate surface area is 113 Å². The van der Waals surface area contributed by atoms with Crippen molar-refractivity contribution < 1.29 is 18.3 Å². The predicted molar refractivity (Wildman–Crippen MR) is 73.2 cm³/mol. The van der Waals surface area contributed by atoms with Crippen LogP contribution in [0.2, 0.25) is 0 Å². The van der Waals surface area contributed by atoms with E-state index < -0.39 is 16.0 Å². The van der Waals surface area contributed by atoms with Crippen LogP contribution in [-0.2, 0) is 14.8 Å². The molecule has 1 aromatic carbocycles. The Morgan fingerprint density at radius 3 is 2.37 bits per heavy atom. The highest BCUT2D eigenvalue weighted by molar-refractivity contribution is 7.89. The van der Waals surface area contributed by atoms with Gasteiger partial charge in [0.1, 0.15) is 0 Å². The van der Waals surface area contributed by atoms with Crippen molar-refractivity contribution >= 4 is 22.1 Å². The van der Waals surface area contributed by atoms with Crippen LogP contribution in [0, 0.1) is 0 Å². The summed E-state index contributed by atoms with van der Waals surface area (Å²) in [6.07, 6.45) is 2.20. The van der Waals surface area contributed by atoms with Gasteiger partial charge in [-0.15, -0.1) is 0 Å². The molecule has 19 heavy (non-hydrogen) atoms. The van der Waals surface area contributed by atoms with Gasteiger partial charge in [-0.25, -0.2) is 17.9 Å². The largest absolute Gasteiger partial charge is 0.478 e. The molecule has 0 atom stereocenters. The predicted octanol–water partition coefficient (Wildman–Crippen LogP) is 1.86. The van der Waals surface area contributed by atoms with Gasteiger partial charge in [0.25, 0.3) is 0 Å². The summed E-state index contributed by atoms with van der Waals surface area (Å²) in [5.74, 6) is -0.999. The third-order valence-electron chi connectivity index (χ3n) is 2.45. The first kappa shape index (κ1) is 15.4. The van der Waals surface area contributed by atoms with Gasteiger partial charge in [-0.1, -0.05) is 19.1 Å². The van der Waals surface area contributed by atoms with E-state index >= 15 is 0 Å². The quantitative estimate of drug-likeness (QED) is 0.781. The van der Waals surface area contributed by atoms with Crippen LogP contribution in [0.4, 0.5) is 0 Å². The van der Waals surface area contributed by atoms with Crippen LogP contribution < -0.4 is 4.72 Å². The molecule has 0 radical (unpaired) electrons. The third-order valence-corrected chi connectivity index (χ3v) is 3.93. The molecule has 0 aliphatic heterocycles. The van der Waals surface area contributed by atoms with Crippen molar-refractivity contribution in [3.8, 4) is 0 Å². The van der Waals surface area contributed by atoms with Crippen molar-refractivity contribution in [3.63, 3.8) is 0 Å². The Kier molecular flexibility index (Phi) is 5.26. The minimum Gasteiger partial charge on any atom is -0.478 e. The zero-order chi connectivity index (χ0) is 14.5. The topological polar surface area (TPSA) is 83.5 Å². The van der Waals surface area contributed by atoms with Crippen molar-refractivity contribution in [3.05, 3.63) is 35.4 Å². The SMILES string of the molecule is CCCNS(=O)(=O)c1ccc(C=C(C)C(=O)O)cc1. The molecule has 0 aliphatic carbocycles. The molecule has 0 unspecified atom stereocenters. The average molecular weight is 283 g/mol. The van der Waals surface area contributed by atoms with Crippen LogP contribution in [0.3, 0.4) is 0 Å². The number of aliphatic carboxylic acids is 1. The Morgan fingerprint density at radius 2 is 1.89 bits per heavy atom. The van der Waals surface area contributed by atoms with E-state index in [4.69, 9.17) is 5.11 Å². The molecule has 0 aromatic heterocycles. The van der Waals surface area contributed by atoms with Crippen molar-refractivity contribution in [2.24, 2.45) is 0 Å². The van der Waals surface area contributed by atoms with Crippen LogP contribution >= 0.6 is 0 Å². The maximum Gasteiger partial charge on any atom is 0.331 e. The maximum atomic E-state index is 11.8. The van der Waals surface area contributed by atoms with Gasteiger partial charge in [0, 0.05) is 12.1 Å². The highest BCUT2D eigenvalue weighted by Crippen LogP contribution is 2.13. The van der Waals surface area contributed by atoms with E-state index in [0.29, 0.717) is 12.1 Å². The lowest BCUT2D eigenvalue weighted by Gasteiger charge is -2.05. The maximum absolute atomic E-state index is 11.8. The molecular weight excluding hydrogens is 266 g/mol. The lowest BCUT2D eigenvalue weighted by molar-refractivity contribution is -0.132. The molecule has 0 bridgehead atoms. The van der Waals surface area contributed by atoms with Crippen LogP contribution in [0.5, 0.6) is 0 Å². The summed E-state index contributed by atoms with van der Waals surface area (Å²) in [6.45, 7) is 3.75. The van der Waals surface area contributed by atoms with Gasteiger partial charge in [-0.3, -0.25) is 0 Å². The van der Waals surface area contributed by atoms with E-state index in [9.17, 15) is 13.2 Å². The molecule has 0 saturated heterocycles. The number of sulfonamides is 1. The Morgan fingerprint density at radius 1 is 1.32 bits per heavy atom. The van der Waals surface area contributed by atoms with Crippen molar-refractivity contribution in [1.29, 1.82) is 0 Å². The number of carboxylic acids is 1. The Balaban J connectivity index is 2.94. The van der Waals surface area contributed by atoms with Gasteiger partial charge in [0.2, 0.25) is 10.0 Å². The standard InChI is InChI=1S/C13H17NO4S/c1-3-8-14-19(17,18)12-6-4-11(5-7-12)9-10(2)13(15)16/h4-7,9,14H,3,8H2,1-2H3,(H,15,16). The van der Waals surface area contributed by atoms with E-state index in [1.165, 1.54) is 25.1 Å². The summed E-state index contributed by atoms with van der Waals surface area (Å²) in [4.78, 5) is 10.8. The van der Waals surface area contributed by atoms with Gasteiger partial charge >= 0.3 is 5.97 Å². The Bertz CT molecular complexity index is 573. The van der Waals surface area contributed by atoms with Crippen LogP contribution in [0.25, 0.3) is 6.08 Å². The zero-order valence-corrected chi connectivity index (χ0v) is 11.7. The van der Waals surface area contributed by atoms with Gasteiger partial charge in [-0.05, 0) is 37.1 Å². The smallest absolute Gasteiger partial charge is 0.331 e. The molecule has 6 heteroatoms. The van der Waals surface area contributed by atoms with Crippen molar-refractivity contribution in [2.75, 3.05) is 6.54 Å². The first-order valence-electron chi connectivity index (χ1n) is 5.88. The summed E-state index contributed by atoms with van der Waals surface area (Å²) < 4.78 is 26.1. The lowest BCUT2D eigenvalue weighted by atomic mass is 10.1. The minimum atomic E-state index is -3.47. The Hall–Kier alpha value is -1.66. The zero-order valence-electron chi connectivity index (χ0n) is 10.9. The van der Waals surface area contributed by atoms with E-state index in [1.54, 1.807) is 12.1 Å². The summed E-state index contributed by atoms with van der Waals surface area (Å²) in [5, 5.41) is 8.75. The molecule has 0 heterocycles. The van der Waals surface area contributed by atoms with E-state index in [-0.39, 0.29) is 10.5 Å². The fraction of sp³-hybridized carbons (Fsp3) is 0.308. The summed E-state index contributed by atoms with van der Waals surface area (Å²) in [7, 11) is -3.47. The van der Waals surface area contributed by atoms with Gasteiger partial charge in [0.15, 0.2) is 0 Å². The van der Waals surface area contributed by atoms with E-state index in [1.807, 2.05) is 6.92 Å². The molecule has 2 N–H and O–H groups in total. The number of rotatable bonds is 6. The normalized spacial score (nSPS) is 12.4. The summed E-state index contributed by atoms with van der Waals surface area (Å²) in [6, 6.07) is 6.07. The van der Waals surface area contributed by atoms with E-state index in [0.717, 1.165) is 6.42 Å². The average Bonchev–Trinajstić information content (AvgIpc) is 2.37. The first-order valence-corrected chi connectivity index (χ1v) is 7.36. The van der Waals surface area contributed by atoms with Gasteiger partial charge < -0.3 is 5.11 Å². The molecule has 0 saturated carbocycles. The molecule has 1 rings (SSSR count). The second-order valence-electron chi connectivity index (χ2n) is 4.10. The highest BCUT2D eigenvalue weighted by Gasteiger charge is 2.12. The molecule has 0 fully saturated rings. The minimum absolute atomic E-state index is 0.172. The molecule has 0 spiro atoms. The van der Waals surface area contributed by atoms with Gasteiger partial charge in [-0.2, -0.15) is 0 Å². The van der Waals surface area contributed by atoms with Crippen molar-refractivity contribution in [2.45, 2.75) is 25.2 Å². The second kappa shape index (κ2) is 6.49. The first-order chi connectivity index (χ1) is 8.86. The fourth-order valence-electron chi connectivity index (χ4n) is 1.37. The summed E-state index contributed by atoms with van der Waals surface area (Å²) in [5.41, 5.74) is 0.842.